The van der Waals surface area contributed by atoms with Crippen LogP contribution in [0.4, 0.5) is 0 Å². The van der Waals surface area contributed by atoms with E-state index in [4.69, 9.17) is 4.74 Å². The Bertz CT molecular complexity index is 342. The number of aromatic nitrogens is 1. The number of pyridine rings is 1. The van der Waals surface area contributed by atoms with Crippen molar-refractivity contribution in [1.82, 2.24) is 4.98 Å². The van der Waals surface area contributed by atoms with Crippen LogP contribution in [0.2, 0.25) is 0 Å². The van der Waals surface area contributed by atoms with Gasteiger partial charge in [-0.25, -0.2) is 0 Å². The zero-order chi connectivity index (χ0) is 9.84. The minimum Gasteiger partial charge on any atom is -0.497 e. The molecule has 0 aliphatic rings. The highest BCUT2D eigenvalue weighted by molar-refractivity contribution is 5.68. The smallest absolute Gasteiger partial charge is 0.119 e. The number of hydrogen-bond donors (Lipinski definition) is 0. The molecule has 1 aromatic rings. The minimum atomic E-state index is 0.639. The molecule has 0 radical (unpaired) electrons. The Morgan fingerprint density at radius 2 is 2.31 bits per heavy atom. The Balaban J connectivity index is 3.23. The molecule has 2 heteroatoms. The van der Waals surface area contributed by atoms with E-state index in [2.05, 4.69) is 18.1 Å². The van der Waals surface area contributed by atoms with Crippen molar-refractivity contribution in [3.05, 3.63) is 42.2 Å². The largest absolute Gasteiger partial charge is 0.497 e. The molecule has 13 heavy (non-hydrogen) atoms. The molecule has 0 atom stereocenters. The number of rotatable bonds is 3. The first-order valence-electron chi connectivity index (χ1n) is 4.01. The lowest BCUT2D eigenvalue weighted by Gasteiger charge is -2.08. The van der Waals surface area contributed by atoms with Gasteiger partial charge in [-0.15, -0.1) is 0 Å². The summed E-state index contributed by atoms with van der Waals surface area (Å²) >= 11 is 0. The number of hydrogen-bond acceptors (Lipinski definition) is 2. The molecular formula is C11H13NO. The average Bonchev–Trinajstić information content (AvgIpc) is 2.16. The van der Waals surface area contributed by atoms with E-state index in [1.807, 2.05) is 13.0 Å². The van der Waals surface area contributed by atoms with Gasteiger partial charge in [0.2, 0.25) is 0 Å². The third kappa shape index (κ3) is 1.96. The number of nitrogens with zero attached hydrogens (tertiary/aromatic N) is 1. The van der Waals surface area contributed by atoms with Gasteiger partial charge in [0.05, 0.1) is 7.11 Å². The lowest BCUT2D eigenvalue weighted by atomic mass is 10.1. The molecule has 0 unspecified atom stereocenters. The number of ether oxygens (including phenoxy) is 1. The van der Waals surface area contributed by atoms with Gasteiger partial charge in [-0.3, -0.25) is 4.98 Å². The van der Waals surface area contributed by atoms with Crippen LogP contribution in [0.25, 0.3) is 11.8 Å². The Hall–Kier alpha value is -1.57. The fraction of sp³-hybridized carbons (Fsp3) is 0.182. The zero-order valence-corrected chi connectivity index (χ0v) is 8.00. The van der Waals surface area contributed by atoms with Crippen LogP contribution in [0, 0.1) is 6.92 Å². The van der Waals surface area contributed by atoms with E-state index in [1.165, 1.54) is 0 Å². The fourth-order valence-electron chi connectivity index (χ4n) is 1.08. The van der Waals surface area contributed by atoms with E-state index in [-0.39, 0.29) is 0 Å². The van der Waals surface area contributed by atoms with E-state index in [9.17, 15) is 0 Å². The molecule has 2 nitrogen and oxygen atoms in total. The van der Waals surface area contributed by atoms with Gasteiger partial charge < -0.3 is 4.74 Å². The topological polar surface area (TPSA) is 22.1 Å². The highest BCUT2D eigenvalue weighted by Crippen LogP contribution is 2.19. The summed E-state index contributed by atoms with van der Waals surface area (Å²) < 4.78 is 5.06. The van der Waals surface area contributed by atoms with Crippen molar-refractivity contribution in [3.63, 3.8) is 0 Å². The molecule has 0 saturated carbocycles. The van der Waals surface area contributed by atoms with Crippen molar-refractivity contribution >= 4 is 11.8 Å². The fourth-order valence-corrected chi connectivity index (χ4v) is 1.08. The maximum atomic E-state index is 5.06. The normalized spacial score (nSPS) is 9.38. The number of aryl methyl sites for hydroxylation is 1. The highest BCUT2D eigenvalue weighted by Gasteiger charge is 2.04. The van der Waals surface area contributed by atoms with Crippen molar-refractivity contribution < 1.29 is 4.74 Å². The SMILES string of the molecule is C=Cc1cnc(C)cc1C(=C)OC. The van der Waals surface area contributed by atoms with Gasteiger partial charge in [0, 0.05) is 23.0 Å². The van der Waals surface area contributed by atoms with Gasteiger partial charge in [0.25, 0.3) is 0 Å². The molecule has 0 aliphatic heterocycles. The summed E-state index contributed by atoms with van der Waals surface area (Å²) in [6.07, 6.45) is 3.51. The molecular weight excluding hydrogens is 162 g/mol. The van der Waals surface area contributed by atoms with E-state index < -0.39 is 0 Å². The van der Waals surface area contributed by atoms with Gasteiger partial charge in [0.1, 0.15) is 5.76 Å². The molecule has 1 heterocycles. The Kier molecular flexibility index (Phi) is 2.85. The predicted octanol–water partition coefficient (Wildman–Crippen LogP) is 2.65. The molecule has 0 saturated heterocycles. The second-order valence-electron chi connectivity index (χ2n) is 2.74. The van der Waals surface area contributed by atoms with Crippen molar-refractivity contribution in [2.45, 2.75) is 6.92 Å². The van der Waals surface area contributed by atoms with E-state index in [0.717, 1.165) is 16.8 Å². The summed E-state index contributed by atoms with van der Waals surface area (Å²) in [7, 11) is 1.60. The molecule has 1 rings (SSSR count). The lowest BCUT2D eigenvalue weighted by molar-refractivity contribution is 0.371. The van der Waals surface area contributed by atoms with E-state index in [1.54, 1.807) is 19.4 Å². The molecule has 0 aromatic carbocycles. The summed E-state index contributed by atoms with van der Waals surface area (Å²) in [6, 6.07) is 1.93. The Morgan fingerprint density at radius 1 is 1.62 bits per heavy atom. The second kappa shape index (κ2) is 3.90. The van der Waals surface area contributed by atoms with Crippen LogP contribution in [-0.4, -0.2) is 12.1 Å². The Morgan fingerprint density at radius 3 is 2.85 bits per heavy atom. The van der Waals surface area contributed by atoms with E-state index in [0.29, 0.717) is 5.76 Å². The van der Waals surface area contributed by atoms with Crippen molar-refractivity contribution in [2.75, 3.05) is 7.11 Å². The summed E-state index contributed by atoms with van der Waals surface area (Å²) in [5.41, 5.74) is 2.83. The number of methoxy groups -OCH3 is 1. The highest BCUT2D eigenvalue weighted by atomic mass is 16.5. The van der Waals surface area contributed by atoms with Crippen molar-refractivity contribution in [1.29, 1.82) is 0 Å². The summed E-state index contributed by atoms with van der Waals surface area (Å²) in [6.45, 7) is 9.43. The molecule has 0 fully saturated rings. The van der Waals surface area contributed by atoms with E-state index >= 15 is 0 Å². The van der Waals surface area contributed by atoms with Crippen molar-refractivity contribution in [3.8, 4) is 0 Å². The summed E-state index contributed by atoms with van der Waals surface area (Å²) in [5, 5.41) is 0. The van der Waals surface area contributed by atoms with Crippen LogP contribution >= 0.6 is 0 Å². The van der Waals surface area contributed by atoms with Gasteiger partial charge >= 0.3 is 0 Å². The Labute approximate surface area is 78.6 Å². The molecule has 0 N–H and O–H groups in total. The first kappa shape index (κ1) is 9.52. The van der Waals surface area contributed by atoms with Gasteiger partial charge in [-0.05, 0) is 13.0 Å². The summed E-state index contributed by atoms with van der Waals surface area (Å²) in [4.78, 5) is 4.16. The van der Waals surface area contributed by atoms with Gasteiger partial charge in [-0.2, -0.15) is 0 Å². The first-order chi connectivity index (χ1) is 6.19. The molecule has 68 valence electrons. The van der Waals surface area contributed by atoms with Gasteiger partial charge in [-0.1, -0.05) is 19.2 Å². The summed E-state index contributed by atoms with van der Waals surface area (Å²) in [5.74, 6) is 0.639. The predicted molar refractivity (Wildman–Crippen MR) is 55.1 cm³/mol. The standard InChI is InChI=1S/C11H13NO/c1-5-10-7-12-8(2)6-11(10)9(3)13-4/h5-7H,1,3H2,2,4H3. The van der Waals surface area contributed by atoms with Crippen LogP contribution in [0.15, 0.2) is 25.4 Å². The maximum absolute atomic E-state index is 5.06. The minimum absolute atomic E-state index is 0.639. The van der Waals surface area contributed by atoms with Crippen LogP contribution < -0.4 is 0 Å². The van der Waals surface area contributed by atoms with Crippen LogP contribution in [0.1, 0.15) is 16.8 Å². The second-order valence-corrected chi connectivity index (χ2v) is 2.74. The average molecular weight is 175 g/mol. The zero-order valence-electron chi connectivity index (χ0n) is 8.00. The van der Waals surface area contributed by atoms with Crippen LogP contribution in [-0.2, 0) is 4.74 Å². The van der Waals surface area contributed by atoms with Crippen molar-refractivity contribution in [2.24, 2.45) is 0 Å². The first-order valence-corrected chi connectivity index (χ1v) is 4.01. The molecule has 0 amide bonds. The molecule has 0 aliphatic carbocycles. The lowest BCUT2D eigenvalue weighted by Crippen LogP contribution is -1.93. The monoisotopic (exact) mass is 175 g/mol. The maximum Gasteiger partial charge on any atom is 0.119 e. The van der Waals surface area contributed by atoms with Gasteiger partial charge in [0.15, 0.2) is 0 Å². The third-order valence-corrected chi connectivity index (χ3v) is 1.84. The molecule has 0 bridgehead atoms. The molecule has 1 aromatic heterocycles. The molecule has 0 spiro atoms. The third-order valence-electron chi connectivity index (χ3n) is 1.84. The van der Waals surface area contributed by atoms with Crippen LogP contribution in [0.5, 0.6) is 0 Å². The quantitative estimate of drug-likeness (QED) is 0.659. The van der Waals surface area contributed by atoms with Crippen LogP contribution in [0.3, 0.4) is 0 Å².